The second kappa shape index (κ2) is 8.30. The van der Waals surface area contributed by atoms with Crippen LogP contribution >= 0.6 is 15.9 Å². The van der Waals surface area contributed by atoms with Crippen molar-refractivity contribution in [1.82, 2.24) is 0 Å². The first kappa shape index (κ1) is 12.7. The molecule has 0 atom stereocenters. The van der Waals surface area contributed by atoms with Crippen LogP contribution in [0.15, 0.2) is 11.6 Å². The predicted octanol–water partition coefficient (Wildman–Crippen LogP) is 3.06. The molecule has 0 bridgehead atoms. The molecule has 0 amide bonds. The van der Waals surface area contributed by atoms with Crippen LogP contribution in [0.2, 0.25) is 0 Å². The third kappa shape index (κ3) is 5.86. The third-order valence-electron chi connectivity index (χ3n) is 1.52. The van der Waals surface area contributed by atoms with E-state index in [0.29, 0.717) is 11.9 Å². The van der Waals surface area contributed by atoms with E-state index in [-0.39, 0.29) is 5.97 Å². The lowest BCUT2D eigenvalue weighted by molar-refractivity contribution is -0.138. The summed E-state index contributed by atoms with van der Waals surface area (Å²) in [4.78, 5) is 11.3. The fourth-order valence-corrected chi connectivity index (χ4v) is 1.26. The molecule has 0 aromatic rings. The zero-order chi connectivity index (χ0) is 10.1. The summed E-state index contributed by atoms with van der Waals surface area (Å²) in [6.07, 6.45) is 4.79. The van der Waals surface area contributed by atoms with Crippen molar-refractivity contribution in [2.45, 2.75) is 33.1 Å². The average molecular weight is 249 g/mol. The number of carbonyl (C=O) groups is 1. The fourth-order valence-electron chi connectivity index (χ4n) is 0.798. The molecule has 0 aromatic carbocycles. The van der Waals surface area contributed by atoms with Gasteiger partial charge in [0.25, 0.3) is 0 Å². The summed E-state index contributed by atoms with van der Waals surface area (Å²) >= 11 is 3.27. The Morgan fingerprint density at radius 2 is 2.08 bits per heavy atom. The molecule has 2 nitrogen and oxygen atoms in total. The van der Waals surface area contributed by atoms with Crippen LogP contribution in [0.1, 0.15) is 33.1 Å². The highest BCUT2D eigenvalue weighted by Gasteiger charge is 2.07. The highest BCUT2D eigenvalue weighted by molar-refractivity contribution is 9.09. The fraction of sp³-hybridized carbons (Fsp3) is 0.700. The SMILES string of the molecule is CCCC=C(CBr)C(=O)OCCC. The van der Waals surface area contributed by atoms with E-state index in [1.165, 1.54) is 0 Å². The number of rotatable bonds is 6. The molecule has 0 saturated heterocycles. The van der Waals surface area contributed by atoms with Crippen molar-refractivity contribution >= 4 is 21.9 Å². The van der Waals surface area contributed by atoms with Gasteiger partial charge in [-0.1, -0.05) is 42.3 Å². The Kier molecular flexibility index (Phi) is 8.10. The number of esters is 1. The molecule has 0 heterocycles. The lowest BCUT2D eigenvalue weighted by Crippen LogP contribution is -2.09. The summed E-state index contributed by atoms with van der Waals surface area (Å²) < 4.78 is 5.00. The van der Waals surface area contributed by atoms with Gasteiger partial charge >= 0.3 is 5.97 Å². The van der Waals surface area contributed by atoms with Gasteiger partial charge in [-0.15, -0.1) is 0 Å². The Morgan fingerprint density at radius 1 is 1.38 bits per heavy atom. The van der Waals surface area contributed by atoms with Gasteiger partial charge in [0.1, 0.15) is 0 Å². The molecule has 13 heavy (non-hydrogen) atoms. The third-order valence-corrected chi connectivity index (χ3v) is 2.13. The summed E-state index contributed by atoms with van der Waals surface area (Å²) in [5.74, 6) is -0.188. The van der Waals surface area contributed by atoms with Gasteiger partial charge in [-0.2, -0.15) is 0 Å². The summed E-state index contributed by atoms with van der Waals surface area (Å²) in [7, 11) is 0. The van der Waals surface area contributed by atoms with Gasteiger partial charge in [-0.05, 0) is 12.8 Å². The number of hydrogen-bond donors (Lipinski definition) is 0. The monoisotopic (exact) mass is 248 g/mol. The second-order valence-electron chi connectivity index (χ2n) is 2.79. The highest BCUT2D eigenvalue weighted by atomic mass is 79.9. The van der Waals surface area contributed by atoms with E-state index in [1.54, 1.807) is 0 Å². The van der Waals surface area contributed by atoms with Gasteiger partial charge < -0.3 is 4.74 Å². The molecule has 0 aliphatic heterocycles. The lowest BCUT2D eigenvalue weighted by atomic mass is 10.2. The minimum absolute atomic E-state index is 0.188. The van der Waals surface area contributed by atoms with Crippen molar-refractivity contribution in [2.75, 3.05) is 11.9 Å². The van der Waals surface area contributed by atoms with E-state index < -0.39 is 0 Å². The van der Waals surface area contributed by atoms with Crippen molar-refractivity contribution < 1.29 is 9.53 Å². The lowest BCUT2D eigenvalue weighted by Gasteiger charge is -2.04. The number of unbranched alkanes of at least 4 members (excludes halogenated alkanes) is 1. The molecule has 0 rings (SSSR count). The van der Waals surface area contributed by atoms with Gasteiger partial charge in [-0.25, -0.2) is 4.79 Å². The van der Waals surface area contributed by atoms with E-state index >= 15 is 0 Å². The standard InChI is InChI=1S/C10H17BrO2/c1-3-5-6-9(8-11)10(12)13-7-4-2/h6H,3-5,7-8H2,1-2H3. The van der Waals surface area contributed by atoms with Crippen LogP contribution in [-0.4, -0.2) is 17.9 Å². The topological polar surface area (TPSA) is 26.3 Å². The molecular formula is C10H17BrO2. The zero-order valence-corrected chi connectivity index (χ0v) is 9.89. The molecule has 0 aliphatic rings. The smallest absolute Gasteiger partial charge is 0.334 e. The van der Waals surface area contributed by atoms with Gasteiger partial charge in [0, 0.05) is 10.9 Å². The summed E-state index contributed by atoms with van der Waals surface area (Å²) in [5.41, 5.74) is 0.732. The van der Waals surface area contributed by atoms with E-state index in [2.05, 4.69) is 22.9 Å². The quantitative estimate of drug-likeness (QED) is 0.411. The Bertz CT molecular complexity index is 176. The molecule has 3 heteroatoms. The van der Waals surface area contributed by atoms with Gasteiger partial charge in [0.2, 0.25) is 0 Å². The molecule has 76 valence electrons. The van der Waals surface area contributed by atoms with Gasteiger partial charge in [-0.3, -0.25) is 0 Å². The Balaban J connectivity index is 3.99. The molecule has 0 fully saturated rings. The Labute approximate surface area is 88.5 Å². The number of allylic oxidation sites excluding steroid dienone is 1. The molecule has 0 N–H and O–H groups in total. The number of hydrogen-bond acceptors (Lipinski definition) is 2. The number of alkyl halides is 1. The van der Waals surface area contributed by atoms with Crippen LogP contribution in [0.5, 0.6) is 0 Å². The maximum absolute atomic E-state index is 11.3. The summed E-state index contributed by atoms with van der Waals surface area (Å²) in [6.45, 7) is 4.58. The molecule has 0 unspecified atom stereocenters. The predicted molar refractivity (Wildman–Crippen MR) is 58.0 cm³/mol. The van der Waals surface area contributed by atoms with Gasteiger partial charge in [0.05, 0.1) is 6.61 Å². The van der Waals surface area contributed by atoms with Gasteiger partial charge in [0.15, 0.2) is 0 Å². The van der Waals surface area contributed by atoms with Crippen LogP contribution in [0.25, 0.3) is 0 Å². The van der Waals surface area contributed by atoms with Crippen LogP contribution in [0.4, 0.5) is 0 Å². The van der Waals surface area contributed by atoms with E-state index in [4.69, 9.17) is 4.74 Å². The van der Waals surface area contributed by atoms with E-state index in [1.807, 2.05) is 13.0 Å². The molecule has 0 radical (unpaired) electrons. The number of halogens is 1. The van der Waals surface area contributed by atoms with E-state index in [0.717, 1.165) is 24.8 Å². The summed E-state index contributed by atoms with van der Waals surface area (Å²) in [5, 5.41) is 0.579. The minimum atomic E-state index is -0.188. The maximum atomic E-state index is 11.3. The normalized spacial score (nSPS) is 11.5. The van der Waals surface area contributed by atoms with Crippen LogP contribution < -0.4 is 0 Å². The zero-order valence-electron chi connectivity index (χ0n) is 8.31. The Hall–Kier alpha value is -0.310. The van der Waals surface area contributed by atoms with Crippen molar-refractivity contribution in [2.24, 2.45) is 0 Å². The van der Waals surface area contributed by atoms with E-state index in [9.17, 15) is 4.79 Å². The first-order chi connectivity index (χ1) is 6.26. The van der Waals surface area contributed by atoms with Crippen LogP contribution in [0.3, 0.4) is 0 Å². The van der Waals surface area contributed by atoms with Crippen molar-refractivity contribution in [3.8, 4) is 0 Å². The van der Waals surface area contributed by atoms with Crippen molar-refractivity contribution in [1.29, 1.82) is 0 Å². The Morgan fingerprint density at radius 3 is 2.54 bits per heavy atom. The number of carbonyl (C=O) groups excluding carboxylic acids is 1. The van der Waals surface area contributed by atoms with Crippen LogP contribution in [0, 0.1) is 0 Å². The largest absolute Gasteiger partial charge is 0.462 e. The van der Waals surface area contributed by atoms with Crippen molar-refractivity contribution in [3.63, 3.8) is 0 Å². The average Bonchev–Trinajstić information content (AvgIpc) is 2.16. The molecule has 0 saturated carbocycles. The maximum Gasteiger partial charge on any atom is 0.334 e. The molecule has 0 aromatic heterocycles. The highest BCUT2D eigenvalue weighted by Crippen LogP contribution is 2.05. The molecule has 0 spiro atoms. The first-order valence-electron chi connectivity index (χ1n) is 4.68. The second-order valence-corrected chi connectivity index (χ2v) is 3.35. The van der Waals surface area contributed by atoms with Crippen molar-refractivity contribution in [3.05, 3.63) is 11.6 Å². The number of ether oxygens (including phenoxy) is 1. The first-order valence-corrected chi connectivity index (χ1v) is 5.80. The van der Waals surface area contributed by atoms with Crippen LogP contribution in [-0.2, 0) is 9.53 Å². The summed E-state index contributed by atoms with van der Waals surface area (Å²) in [6, 6.07) is 0. The molecular weight excluding hydrogens is 232 g/mol. The minimum Gasteiger partial charge on any atom is -0.462 e. The molecule has 0 aliphatic carbocycles.